The van der Waals surface area contributed by atoms with Crippen LogP contribution >= 0.6 is 23.1 Å². The first kappa shape index (κ1) is 23.2. The van der Waals surface area contributed by atoms with Crippen LogP contribution in [0.25, 0.3) is 0 Å². The van der Waals surface area contributed by atoms with Crippen molar-refractivity contribution in [2.45, 2.75) is 36.9 Å². The molecule has 0 spiro atoms. The maximum absolute atomic E-state index is 12.9. The summed E-state index contributed by atoms with van der Waals surface area (Å²) < 4.78 is 26.9. The van der Waals surface area contributed by atoms with E-state index < -0.39 is 22.0 Å². The molecular weight excluding hydrogens is 452 g/mol. The number of sulfonamides is 1. The summed E-state index contributed by atoms with van der Waals surface area (Å²) in [5.74, 6) is 0.274. The summed E-state index contributed by atoms with van der Waals surface area (Å²) in [5.41, 5.74) is 3.33. The molecule has 10 heteroatoms. The third kappa shape index (κ3) is 6.05. The molecule has 0 saturated carbocycles. The summed E-state index contributed by atoms with van der Waals surface area (Å²) in [4.78, 5) is 12.9. The van der Waals surface area contributed by atoms with Gasteiger partial charge >= 0.3 is 0 Å². The minimum atomic E-state index is -3.69. The number of aromatic nitrogens is 2. The van der Waals surface area contributed by atoms with Gasteiger partial charge in [-0.05, 0) is 43.5 Å². The molecule has 3 aromatic rings. The molecule has 1 heterocycles. The normalized spacial score (nSPS) is 12.4. The Hall–Kier alpha value is -2.43. The van der Waals surface area contributed by atoms with E-state index in [4.69, 9.17) is 0 Å². The van der Waals surface area contributed by atoms with Crippen LogP contribution in [-0.4, -0.2) is 36.8 Å². The number of rotatable bonds is 8. The van der Waals surface area contributed by atoms with E-state index in [0.29, 0.717) is 10.8 Å². The van der Waals surface area contributed by atoms with E-state index in [-0.39, 0.29) is 0 Å². The zero-order valence-electron chi connectivity index (χ0n) is 17.7. The molecule has 1 N–H and O–H groups in total. The van der Waals surface area contributed by atoms with Crippen molar-refractivity contribution in [2.75, 3.05) is 15.9 Å². The number of hydrogen-bond donors (Lipinski definition) is 1. The summed E-state index contributed by atoms with van der Waals surface area (Å²) in [6.07, 6.45) is 1.10. The Morgan fingerprint density at radius 3 is 2.55 bits per heavy atom. The third-order valence-corrected chi connectivity index (χ3v) is 7.80. The van der Waals surface area contributed by atoms with E-state index in [2.05, 4.69) is 15.5 Å². The van der Waals surface area contributed by atoms with Crippen LogP contribution in [0.5, 0.6) is 0 Å². The molecule has 0 fully saturated rings. The summed E-state index contributed by atoms with van der Waals surface area (Å²) in [5, 5.41) is 11.2. The fraction of sp³-hybridized carbons (Fsp3) is 0.286. The zero-order valence-corrected chi connectivity index (χ0v) is 20.1. The summed E-state index contributed by atoms with van der Waals surface area (Å²) in [7, 11) is -3.69. The van der Waals surface area contributed by atoms with Gasteiger partial charge < -0.3 is 0 Å². The fourth-order valence-electron chi connectivity index (χ4n) is 2.99. The van der Waals surface area contributed by atoms with Gasteiger partial charge in [0.2, 0.25) is 21.1 Å². The molecule has 0 aliphatic carbocycles. The van der Waals surface area contributed by atoms with Crippen molar-refractivity contribution >= 4 is 49.8 Å². The largest absolute Gasteiger partial charge is 0.299 e. The van der Waals surface area contributed by atoms with Crippen molar-refractivity contribution in [3.8, 4) is 0 Å². The Morgan fingerprint density at radius 1 is 1.16 bits per heavy atom. The summed E-state index contributed by atoms with van der Waals surface area (Å²) in [6, 6.07) is 14.5. The molecule has 7 nitrogen and oxygen atoms in total. The van der Waals surface area contributed by atoms with Crippen LogP contribution in [0.3, 0.4) is 0 Å². The highest BCUT2D eigenvalue weighted by atomic mass is 32.2. The van der Waals surface area contributed by atoms with Gasteiger partial charge in [0.1, 0.15) is 6.04 Å². The van der Waals surface area contributed by atoms with Crippen molar-refractivity contribution in [3.63, 3.8) is 0 Å². The van der Waals surface area contributed by atoms with Gasteiger partial charge in [0.05, 0.1) is 11.9 Å². The molecule has 1 amide bonds. The molecule has 0 aliphatic rings. The lowest BCUT2D eigenvalue weighted by Crippen LogP contribution is -2.45. The first-order valence-electron chi connectivity index (χ1n) is 9.53. The van der Waals surface area contributed by atoms with Crippen LogP contribution in [0, 0.1) is 13.8 Å². The van der Waals surface area contributed by atoms with Gasteiger partial charge in [0.15, 0.2) is 4.34 Å². The van der Waals surface area contributed by atoms with Gasteiger partial charge in [-0.2, -0.15) is 0 Å². The van der Waals surface area contributed by atoms with Crippen LogP contribution in [0.15, 0.2) is 52.9 Å². The molecule has 1 aromatic heterocycles. The van der Waals surface area contributed by atoms with Crippen molar-refractivity contribution in [2.24, 2.45) is 0 Å². The Labute approximate surface area is 191 Å². The predicted molar refractivity (Wildman–Crippen MR) is 127 cm³/mol. The second-order valence-electron chi connectivity index (χ2n) is 7.16. The molecule has 2 aromatic carbocycles. The molecule has 1 atom stereocenters. The third-order valence-electron chi connectivity index (χ3n) is 4.53. The van der Waals surface area contributed by atoms with E-state index in [1.54, 1.807) is 13.0 Å². The van der Waals surface area contributed by atoms with Gasteiger partial charge in [-0.3, -0.25) is 14.4 Å². The quantitative estimate of drug-likeness (QED) is 0.386. The highest BCUT2D eigenvalue weighted by Gasteiger charge is 2.30. The zero-order chi connectivity index (χ0) is 22.6. The number of carbonyl (C=O) groups is 1. The van der Waals surface area contributed by atoms with Crippen LogP contribution in [0.1, 0.15) is 23.6 Å². The Kier molecular flexibility index (Phi) is 7.34. The molecule has 1 unspecified atom stereocenters. The van der Waals surface area contributed by atoms with Gasteiger partial charge in [0.25, 0.3) is 0 Å². The number of aryl methyl sites for hydroxylation is 2. The number of nitrogens with zero attached hydrogens (tertiary/aromatic N) is 3. The van der Waals surface area contributed by atoms with Crippen molar-refractivity contribution in [1.82, 2.24) is 10.2 Å². The monoisotopic (exact) mass is 476 g/mol. The number of hydrogen-bond acceptors (Lipinski definition) is 7. The van der Waals surface area contributed by atoms with Crippen LogP contribution in [-0.2, 0) is 20.6 Å². The molecule has 0 bridgehead atoms. The van der Waals surface area contributed by atoms with Crippen LogP contribution in [0.4, 0.5) is 10.8 Å². The van der Waals surface area contributed by atoms with Crippen molar-refractivity contribution < 1.29 is 13.2 Å². The smallest absolute Gasteiger partial charge is 0.249 e. The lowest BCUT2D eigenvalue weighted by molar-refractivity contribution is -0.116. The molecule has 0 saturated heterocycles. The summed E-state index contributed by atoms with van der Waals surface area (Å²) in [6.45, 7) is 5.26. The number of nitrogens with one attached hydrogen (secondary N) is 1. The van der Waals surface area contributed by atoms with E-state index in [1.807, 2.05) is 56.3 Å². The molecular formula is C21H24N4O3S3. The SMILES string of the molecule is Cc1ccc(C)c(N(C(C)C(=O)Nc2nnc(SCc3ccccc3)s2)S(C)(=O)=O)c1. The number of amides is 1. The maximum atomic E-state index is 12.9. The Bertz CT molecular complexity index is 1160. The van der Waals surface area contributed by atoms with Gasteiger partial charge in [-0.25, -0.2) is 8.42 Å². The lowest BCUT2D eigenvalue weighted by Gasteiger charge is -2.29. The predicted octanol–water partition coefficient (Wildman–Crippen LogP) is 4.24. The maximum Gasteiger partial charge on any atom is 0.249 e. The van der Waals surface area contributed by atoms with E-state index in [9.17, 15) is 13.2 Å². The number of benzene rings is 2. The first-order valence-corrected chi connectivity index (χ1v) is 13.2. The Balaban J connectivity index is 1.72. The van der Waals surface area contributed by atoms with Crippen molar-refractivity contribution in [3.05, 3.63) is 65.2 Å². The van der Waals surface area contributed by atoms with E-state index >= 15 is 0 Å². The minimum absolute atomic E-state index is 0.335. The lowest BCUT2D eigenvalue weighted by atomic mass is 10.1. The van der Waals surface area contributed by atoms with E-state index in [1.165, 1.54) is 28.7 Å². The Morgan fingerprint density at radius 2 is 1.87 bits per heavy atom. The number of thioether (sulfide) groups is 1. The second kappa shape index (κ2) is 9.80. The summed E-state index contributed by atoms with van der Waals surface area (Å²) >= 11 is 2.79. The minimum Gasteiger partial charge on any atom is -0.299 e. The average Bonchev–Trinajstić information content (AvgIpc) is 3.16. The van der Waals surface area contributed by atoms with Gasteiger partial charge in [0, 0.05) is 5.75 Å². The molecule has 164 valence electrons. The van der Waals surface area contributed by atoms with Gasteiger partial charge in [-0.1, -0.05) is 65.6 Å². The van der Waals surface area contributed by atoms with Crippen molar-refractivity contribution in [1.29, 1.82) is 0 Å². The second-order valence-corrected chi connectivity index (χ2v) is 11.2. The highest BCUT2D eigenvalue weighted by Crippen LogP contribution is 2.30. The molecule has 31 heavy (non-hydrogen) atoms. The van der Waals surface area contributed by atoms with Crippen LogP contribution < -0.4 is 9.62 Å². The molecule has 0 aliphatic heterocycles. The highest BCUT2D eigenvalue weighted by molar-refractivity contribution is 8.00. The molecule has 0 radical (unpaired) electrons. The molecule has 3 rings (SSSR count). The van der Waals surface area contributed by atoms with Gasteiger partial charge in [-0.15, -0.1) is 10.2 Å². The first-order chi connectivity index (χ1) is 14.6. The topological polar surface area (TPSA) is 92.3 Å². The average molecular weight is 477 g/mol. The fourth-order valence-corrected chi connectivity index (χ4v) is 5.92. The standard InChI is InChI=1S/C21H24N4O3S3/c1-14-10-11-15(2)18(12-14)25(31(4,27)28)16(3)19(26)22-20-23-24-21(30-20)29-13-17-8-6-5-7-9-17/h5-12,16H,13H2,1-4H3,(H,22,23,26). The van der Waals surface area contributed by atoms with E-state index in [0.717, 1.165) is 31.8 Å². The number of anilines is 2. The van der Waals surface area contributed by atoms with Crippen LogP contribution in [0.2, 0.25) is 0 Å². The number of carbonyl (C=O) groups excluding carboxylic acids is 1.